The van der Waals surface area contributed by atoms with Crippen LogP contribution in [0.5, 0.6) is 0 Å². The first-order valence-electron chi connectivity index (χ1n) is 6.58. The maximum absolute atomic E-state index is 12.4. The van der Waals surface area contributed by atoms with Crippen molar-refractivity contribution in [3.63, 3.8) is 0 Å². The number of nitrogens with one attached hydrogen (secondary N) is 2. The fraction of sp³-hybridized carbons (Fsp3) is 0.643. The molecule has 2 atom stereocenters. The van der Waals surface area contributed by atoms with E-state index >= 15 is 0 Å². The molecule has 2 N–H and O–H groups in total. The highest BCUT2D eigenvalue weighted by Crippen LogP contribution is 2.30. The minimum absolute atomic E-state index is 0.134. The summed E-state index contributed by atoms with van der Waals surface area (Å²) in [6.07, 6.45) is 0.925. The fourth-order valence-corrected chi connectivity index (χ4v) is 3.31. The van der Waals surface area contributed by atoms with Crippen LogP contribution in [-0.2, 0) is 4.79 Å². The summed E-state index contributed by atoms with van der Waals surface area (Å²) in [6, 6.07) is 4.28. The monoisotopic (exact) mass is 266 g/mol. The van der Waals surface area contributed by atoms with E-state index in [9.17, 15) is 4.79 Å². The van der Waals surface area contributed by atoms with Crippen molar-refractivity contribution >= 4 is 17.2 Å². The van der Waals surface area contributed by atoms with E-state index in [2.05, 4.69) is 35.9 Å². The van der Waals surface area contributed by atoms with Crippen LogP contribution >= 0.6 is 11.3 Å². The van der Waals surface area contributed by atoms with Crippen molar-refractivity contribution in [1.29, 1.82) is 0 Å². The highest BCUT2D eigenvalue weighted by Gasteiger charge is 2.37. The number of carbonyl (C=O) groups is 1. The first kappa shape index (κ1) is 13.6. The van der Waals surface area contributed by atoms with Crippen molar-refractivity contribution < 1.29 is 4.79 Å². The third-order valence-corrected chi connectivity index (χ3v) is 4.68. The Hall–Kier alpha value is -0.870. The van der Waals surface area contributed by atoms with Gasteiger partial charge >= 0.3 is 0 Å². The number of amides is 1. The summed E-state index contributed by atoms with van der Waals surface area (Å²) in [5, 5.41) is 8.57. The zero-order valence-electron chi connectivity index (χ0n) is 11.3. The number of hydrogen-bond donors (Lipinski definition) is 2. The Kier molecular flexibility index (Phi) is 4.07. The van der Waals surface area contributed by atoms with E-state index in [1.54, 1.807) is 11.3 Å². The van der Waals surface area contributed by atoms with E-state index in [-0.39, 0.29) is 17.4 Å². The van der Waals surface area contributed by atoms with E-state index in [0.717, 1.165) is 19.5 Å². The average molecular weight is 266 g/mol. The lowest BCUT2D eigenvalue weighted by molar-refractivity contribution is -0.130. The summed E-state index contributed by atoms with van der Waals surface area (Å²) < 4.78 is 0. The molecule has 100 valence electrons. The van der Waals surface area contributed by atoms with E-state index in [0.29, 0.717) is 5.92 Å². The summed E-state index contributed by atoms with van der Waals surface area (Å²) in [4.78, 5) is 13.7. The number of thiophene rings is 1. The Morgan fingerprint density at radius 2 is 2.33 bits per heavy atom. The SMILES string of the molecule is CC(C)C(NC(=O)C1(C)CCNC1)c1cccs1. The summed E-state index contributed by atoms with van der Waals surface area (Å²) in [5.41, 5.74) is -0.246. The van der Waals surface area contributed by atoms with E-state index < -0.39 is 0 Å². The van der Waals surface area contributed by atoms with Crippen LogP contribution in [0.3, 0.4) is 0 Å². The molecule has 0 bridgehead atoms. The molecule has 1 aliphatic heterocycles. The molecule has 0 radical (unpaired) electrons. The van der Waals surface area contributed by atoms with Gasteiger partial charge in [0, 0.05) is 11.4 Å². The van der Waals surface area contributed by atoms with Crippen LogP contribution in [0, 0.1) is 11.3 Å². The van der Waals surface area contributed by atoms with Gasteiger partial charge in [-0.2, -0.15) is 0 Å². The molecule has 0 spiro atoms. The Morgan fingerprint density at radius 1 is 1.56 bits per heavy atom. The standard InChI is InChI=1S/C14H22N2OS/c1-10(2)12(11-5-4-8-18-11)16-13(17)14(3)6-7-15-9-14/h4-5,8,10,12,15H,6-7,9H2,1-3H3,(H,16,17). The van der Waals surface area contributed by atoms with Gasteiger partial charge in [0.1, 0.15) is 0 Å². The van der Waals surface area contributed by atoms with Crippen molar-refractivity contribution in [2.45, 2.75) is 33.2 Å². The molecule has 2 heterocycles. The predicted octanol–water partition coefficient (Wildman–Crippen LogP) is 2.56. The lowest BCUT2D eigenvalue weighted by Crippen LogP contribution is -2.43. The lowest BCUT2D eigenvalue weighted by atomic mass is 9.88. The van der Waals surface area contributed by atoms with Crippen LogP contribution in [0.15, 0.2) is 17.5 Å². The van der Waals surface area contributed by atoms with Crippen LogP contribution in [0.1, 0.15) is 38.1 Å². The zero-order chi connectivity index (χ0) is 13.2. The molecule has 1 saturated heterocycles. The lowest BCUT2D eigenvalue weighted by Gasteiger charge is -2.28. The summed E-state index contributed by atoms with van der Waals surface area (Å²) in [5.74, 6) is 0.588. The van der Waals surface area contributed by atoms with E-state index in [1.165, 1.54) is 4.88 Å². The average Bonchev–Trinajstić information content (AvgIpc) is 2.96. The zero-order valence-corrected chi connectivity index (χ0v) is 12.1. The van der Waals surface area contributed by atoms with Gasteiger partial charge in [-0.15, -0.1) is 11.3 Å². The van der Waals surface area contributed by atoms with Crippen LogP contribution in [-0.4, -0.2) is 19.0 Å². The summed E-state index contributed by atoms with van der Waals surface area (Å²) in [7, 11) is 0. The Morgan fingerprint density at radius 3 is 2.83 bits per heavy atom. The van der Waals surface area contributed by atoms with Gasteiger partial charge in [0.15, 0.2) is 0 Å². The molecule has 0 saturated carbocycles. The molecule has 0 aromatic carbocycles. The predicted molar refractivity (Wildman–Crippen MR) is 75.6 cm³/mol. The Labute approximate surface area is 113 Å². The van der Waals surface area contributed by atoms with Gasteiger partial charge in [0.2, 0.25) is 5.91 Å². The highest BCUT2D eigenvalue weighted by atomic mass is 32.1. The van der Waals surface area contributed by atoms with Crippen LogP contribution in [0.25, 0.3) is 0 Å². The molecule has 1 amide bonds. The largest absolute Gasteiger partial charge is 0.348 e. The number of carbonyl (C=O) groups excluding carboxylic acids is 1. The second-order valence-electron chi connectivity index (χ2n) is 5.70. The van der Waals surface area contributed by atoms with Gasteiger partial charge in [-0.3, -0.25) is 4.79 Å². The molecule has 4 heteroatoms. The van der Waals surface area contributed by atoms with Gasteiger partial charge in [0.05, 0.1) is 11.5 Å². The van der Waals surface area contributed by atoms with Gasteiger partial charge < -0.3 is 10.6 Å². The molecule has 1 aromatic rings. The van der Waals surface area contributed by atoms with Crippen molar-refractivity contribution in [3.05, 3.63) is 22.4 Å². The van der Waals surface area contributed by atoms with Gasteiger partial charge in [-0.25, -0.2) is 0 Å². The van der Waals surface area contributed by atoms with Crippen molar-refractivity contribution in [2.24, 2.45) is 11.3 Å². The Bertz CT molecular complexity index is 394. The van der Waals surface area contributed by atoms with E-state index in [4.69, 9.17) is 0 Å². The van der Waals surface area contributed by atoms with Crippen molar-refractivity contribution in [3.8, 4) is 0 Å². The minimum Gasteiger partial charge on any atom is -0.348 e. The minimum atomic E-state index is -0.246. The van der Waals surface area contributed by atoms with Crippen LogP contribution in [0.2, 0.25) is 0 Å². The molecular weight excluding hydrogens is 244 g/mol. The molecule has 2 rings (SSSR count). The van der Waals surface area contributed by atoms with Gasteiger partial charge in [-0.1, -0.05) is 19.9 Å². The number of rotatable bonds is 4. The first-order chi connectivity index (χ1) is 8.53. The summed E-state index contributed by atoms with van der Waals surface area (Å²) in [6.45, 7) is 8.08. The van der Waals surface area contributed by atoms with Crippen LogP contribution < -0.4 is 10.6 Å². The van der Waals surface area contributed by atoms with Crippen LogP contribution in [0.4, 0.5) is 0 Å². The summed E-state index contributed by atoms with van der Waals surface area (Å²) >= 11 is 1.71. The third kappa shape index (κ3) is 2.75. The second-order valence-corrected chi connectivity index (χ2v) is 6.68. The molecule has 18 heavy (non-hydrogen) atoms. The molecule has 0 aliphatic carbocycles. The van der Waals surface area contributed by atoms with Gasteiger partial charge in [0.25, 0.3) is 0 Å². The highest BCUT2D eigenvalue weighted by molar-refractivity contribution is 7.10. The molecule has 1 fully saturated rings. The maximum atomic E-state index is 12.4. The van der Waals surface area contributed by atoms with E-state index in [1.807, 2.05) is 13.0 Å². The smallest absolute Gasteiger partial charge is 0.227 e. The maximum Gasteiger partial charge on any atom is 0.227 e. The second kappa shape index (κ2) is 5.41. The molecule has 1 aromatic heterocycles. The normalized spacial score (nSPS) is 25.3. The molecule has 1 aliphatic rings. The van der Waals surface area contributed by atoms with Crippen molar-refractivity contribution in [2.75, 3.05) is 13.1 Å². The Balaban J connectivity index is 2.08. The molecule has 3 nitrogen and oxygen atoms in total. The van der Waals surface area contributed by atoms with Crippen molar-refractivity contribution in [1.82, 2.24) is 10.6 Å². The fourth-order valence-electron chi connectivity index (χ4n) is 2.36. The molecular formula is C14H22N2OS. The van der Waals surface area contributed by atoms with Gasteiger partial charge in [-0.05, 0) is 37.3 Å². The quantitative estimate of drug-likeness (QED) is 0.879. The first-order valence-corrected chi connectivity index (χ1v) is 7.46. The third-order valence-electron chi connectivity index (χ3n) is 3.72. The topological polar surface area (TPSA) is 41.1 Å². The molecule has 2 unspecified atom stereocenters. The number of hydrogen-bond acceptors (Lipinski definition) is 3.